The molecule has 1 fully saturated rings. The minimum Gasteiger partial charge on any atom is -0.477 e. The lowest BCUT2D eigenvalue weighted by Gasteiger charge is -2.30. The topological polar surface area (TPSA) is 53.4 Å². The maximum atomic E-state index is 11.2. The van der Waals surface area contributed by atoms with Crippen molar-refractivity contribution in [1.29, 1.82) is 0 Å². The summed E-state index contributed by atoms with van der Waals surface area (Å²) in [7, 11) is 0. The molecule has 6 heteroatoms. The zero-order chi connectivity index (χ0) is 16.5. The second-order valence-corrected chi connectivity index (χ2v) is 8.13. The number of carbonyl (C=O) groups is 1. The summed E-state index contributed by atoms with van der Waals surface area (Å²) in [5.74, 6) is -0.288. The Balaban J connectivity index is 1.41. The third-order valence-electron chi connectivity index (χ3n) is 4.58. The van der Waals surface area contributed by atoms with Gasteiger partial charge in [0.15, 0.2) is 0 Å². The van der Waals surface area contributed by atoms with Crippen molar-refractivity contribution in [2.75, 3.05) is 13.1 Å². The molecule has 0 spiro atoms. The van der Waals surface area contributed by atoms with Crippen molar-refractivity contribution in [3.63, 3.8) is 0 Å². The van der Waals surface area contributed by atoms with Crippen LogP contribution in [0.3, 0.4) is 0 Å². The van der Waals surface area contributed by atoms with E-state index in [1.165, 1.54) is 21.0 Å². The predicted octanol–water partition coefficient (Wildman–Crippen LogP) is 4.44. The number of hydrogen-bond acceptors (Lipinski definition) is 5. The molecule has 2 aromatic heterocycles. The summed E-state index contributed by atoms with van der Waals surface area (Å²) in [4.78, 5) is 18.9. The molecule has 4 nitrogen and oxygen atoms in total. The zero-order valence-electron chi connectivity index (χ0n) is 13.1. The van der Waals surface area contributed by atoms with Crippen LogP contribution in [-0.4, -0.2) is 34.0 Å². The van der Waals surface area contributed by atoms with Crippen LogP contribution in [0.5, 0.6) is 0 Å². The number of carboxylic acid groups (broad SMARTS) is 1. The van der Waals surface area contributed by atoms with Gasteiger partial charge in [-0.05, 0) is 55.1 Å². The smallest absolute Gasteiger partial charge is 0.346 e. The molecule has 3 aromatic rings. The number of aromatic carboxylic acids is 1. The maximum absolute atomic E-state index is 11.2. The van der Waals surface area contributed by atoms with Gasteiger partial charge >= 0.3 is 5.97 Å². The molecule has 1 aliphatic rings. The van der Waals surface area contributed by atoms with Crippen LogP contribution in [0.4, 0.5) is 0 Å². The first-order chi connectivity index (χ1) is 11.7. The van der Waals surface area contributed by atoms with Crippen LogP contribution in [0, 0.1) is 0 Å². The average Bonchev–Trinajstić information content (AvgIpc) is 3.22. The fourth-order valence-corrected chi connectivity index (χ4v) is 5.18. The lowest BCUT2D eigenvalue weighted by molar-refractivity contribution is 0.0699. The van der Waals surface area contributed by atoms with Gasteiger partial charge in [0, 0.05) is 12.5 Å². The first-order valence-corrected chi connectivity index (χ1v) is 9.78. The molecule has 24 heavy (non-hydrogen) atoms. The van der Waals surface area contributed by atoms with Crippen LogP contribution in [0.2, 0.25) is 0 Å². The highest BCUT2D eigenvalue weighted by Crippen LogP contribution is 2.34. The van der Waals surface area contributed by atoms with Crippen molar-refractivity contribution in [2.24, 2.45) is 0 Å². The third-order valence-corrected chi connectivity index (χ3v) is 6.73. The Kier molecular flexibility index (Phi) is 4.35. The number of thiophene rings is 1. The molecule has 1 aromatic carbocycles. The van der Waals surface area contributed by atoms with E-state index in [1.807, 2.05) is 28.8 Å². The van der Waals surface area contributed by atoms with E-state index in [2.05, 4.69) is 23.1 Å². The summed E-state index contributed by atoms with van der Waals surface area (Å²) in [5, 5.41) is 12.3. The Morgan fingerprint density at radius 3 is 2.79 bits per heavy atom. The highest BCUT2D eigenvalue weighted by molar-refractivity contribution is 7.18. The minimum atomic E-state index is -0.815. The van der Waals surface area contributed by atoms with E-state index >= 15 is 0 Å². The van der Waals surface area contributed by atoms with E-state index in [1.54, 1.807) is 0 Å². The van der Waals surface area contributed by atoms with Gasteiger partial charge < -0.3 is 5.11 Å². The Bertz CT molecular complexity index is 830. The predicted molar refractivity (Wildman–Crippen MR) is 98.2 cm³/mol. The van der Waals surface area contributed by atoms with E-state index in [0.717, 1.165) is 43.6 Å². The Morgan fingerprint density at radius 1 is 1.25 bits per heavy atom. The molecule has 4 rings (SSSR count). The highest BCUT2D eigenvalue weighted by atomic mass is 32.1. The number of para-hydroxylation sites is 1. The van der Waals surface area contributed by atoms with Crippen molar-refractivity contribution in [3.05, 3.63) is 51.2 Å². The van der Waals surface area contributed by atoms with Gasteiger partial charge in [-0.15, -0.1) is 22.7 Å². The molecule has 0 amide bonds. The van der Waals surface area contributed by atoms with E-state index in [4.69, 9.17) is 4.98 Å². The molecular weight excluding hydrogens is 340 g/mol. The van der Waals surface area contributed by atoms with Crippen molar-refractivity contribution >= 4 is 38.9 Å². The van der Waals surface area contributed by atoms with Gasteiger partial charge in [-0.2, -0.15) is 0 Å². The fourth-order valence-electron chi connectivity index (χ4n) is 3.29. The quantitative estimate of drug-likeness (QED) is 0.749. The number of thiazole rings is 1. The lowest BCUT2D eigenvalue weighted by atomic mass is 9.97. The standard InChI is InChI=1S/C18H18N2O2S2/c21-18(22)16-13(7-10-23-16)11-20-8-5-12(6-9-20)17-19-14-3-1-2-4-15(14)24-17/h1-4,7,10,12H,5-6,8-9,11H2,(H,21,22). The number of aromatic nitrogens is 1. The van der Waals surface area contributed by atoms with Gasteiger partial charge in [-0.3, -0.25) is 4.90 Å². The second kappa shape index (κ2) is 6.63. The normalized spacial score (nSPS) is 16.7. The van der Waals surface area contributed by atoms with E-state index in [-0.39, 0.29) is 0 Å². The summed E-state index contributed by atoms with van der Waals surface area (Å²) in [6.07, 6.45) is 2.18. The summed E-state index contributed by atoms with van der Waals surface area (Å²) in [6.45, 7) is 2.72. The van der Waals surface area contributed by atoms with E-state index in [0.29, 0.717) is 10.8 Å². The van der Waals surface area contributed by atoms with Crippen molar-refractivity contribution in [3.8, 4) is 0 Å². The summed E-state index contributed by atoms with van der Waals surface area (Å²) < 4.78 is 1.26. The number of nitrogens with zero attached hydrogens (tertiary/aromatic N) is 2. The average molecular weight is 358 g/mol. The number of benzene rings is 1. The minimum absolute atomic E-state index is 0.475. The summed E-state index contributed by atoms with van der Waals surface area (Å²) in [6, 6.07) is 10.3. The molecule has 0 atom stereocenters. The molecule has 1 aliphatic heterocycles. The van der Waals surface area contributed by atoms with Crippen molar-refractivity contribution < 1.29 is 9.90 Å². The van der Waals surface area contributed by atoms with Crippen LogP contribution in [-0.2, 0) is 6.54 Å². The van der Waals surface area contributed by atoms with E-state index in [9.17, 15) is 9.90 Å². The number of hydrogen-bond donors (Lipinski definition) is 1. The summed E-state index contributed by atoms with van der Waals surface area (Å²) >= 11 is 3.12. The van der Waals surface area contributed by atoms with Gasteiger partial charge in [0.1, 0.15) is 4.88 Å². The van der Waals surface area contributed by atoms with Crippen LogP contribution in [0.15, 0.2) is 35.7 Å². The zero-order valence-corrected chi connectivity index (χ0v) is 14.8. The number of rotatable bonds is 4. The molecule has 1 N–H and O–H groups in total. The second-order valence-electron chi connectivity index (χ2n) is 6.15. The van der Waals surface area contributed by atoms with Gasteiger partial charge in [0.25, 0.3) is 0 Å². The highest BCUT2D eigenvalue weighted by Gasteiger charge is 2.24. The van der Waals surface area contributed by atoms with Crippen molar-refractivity contribution in [1.82, 2.24) is 9.88 Å². The molecule has 0 aliphatic carbocycles. The first kappa shape index (κ1) is 15.7. The van der Waals surface area contributed by atoms with Gasteiger partial charge in [-0.1, -0.05) is 12.1 Å². The van der Waals surface area contributed by atoms with E-state index < -0.39 is 5.97 Å². The Morgan fingerprint density at radius 2 is 2.04 bits per heavy atom. The lowest BCUT2D eigenvalue weighted by Crippen LogP contribution is -2.32. The van der Waals surface area contributed by atoms with Gasteiger partial charge in [0.05, 0.1) is 15.2 Å². The molecule has 0 bridgehead atoms. The number of carboxylic acids is 1. The summed E-state index contributed by atoms with van der Waals surface area (Å²) in [5.41, 5.74) is 2.04. The van der Waals surface area contributed by atoms with Crippen LogP contribution >= 0.6 is 22.7 Å². The first-order valence-electron chi connectivity index (χ1n) is 8.08. The third kappa shape index (κ3) is 3.09. The Hall–Kier alpha value is -1.76. The molecular formula is C18H18N2O2S2. The van der Waals surface area contributed by atoms with Crippen LogP contribution in [0.25, 0.3) is 10.2 Å². The molecule has 1 saturated heterocycles. The SMILES string of the molecule is O=C(O)c1sccc1CN1CCC(c2nc3ccccc3s2)CC1. The van der Waals surface area contributed by atoms with Crippen molar-refractivity contribution in [2.45, 2.75) is 25.3 Å². The van der Waals surface area contributed by atoms with Crippen LogP contribution < -0.4 is 0 Å². The fraction of sp³-hybridized carbons (Fsp3) is 0.333. The largest absolute Gasteiger partial charge is 0.477 e. The molecule has 3 heterocycles. The number of piperidine rings is 1. The number of likely N-dealkylation sites (tertiary alicyclic amines) is 1. The maximum Gasteiger partial charge on any atom is 0.346 e. The molecule has 0 unspecified atom stereocenters. The monoisotopic (exact) mass is 358 g/mol. The van der Waals surface area contributed by atoms with Gasteiger partial charge in [-0.25, -0.2) is 9.78 Å². The molecule has 124 valence electrons. The number of fused-ring (bicyclic) bond motifs is 1. The Labute approximate surface area is 148 Å². The molecule has 0 saturated carbocycles. The molecule has 0 radical (unpaired) electrons. The van der Waals surface area contributed by atoms with Crippen LogP contribution in [0.1, 0.15) is 39.0 Å². The van der Waals surface area contributed by atoms with Gasteiger partial charge in [0.2, 0.25) is 0 Å².